The third-order valence-electron chi connectivity index (χ3n) is 5.83. The normalized spacial score (nSPS) is 16.1. The second-order valence-corrected chi connectivity index (χ2v) is 9.10. The molecule has 32 heavy (non-hydrogen) atoms. The SMILES string of the molecule is O=C(CCCSc1nnc(-c2c[nH]c3ccccc23)n1CC1CCCO1)c1ccccc1. The standard InChI is InChI=1S/C25H26N4O2S/c30-23(18-8-2-1-3-9-18)13-7-15-32-25-28-27-24(29(25)17-19-10-6-14-31-19)21-16-26-22-12-5-4-11-20(21)22/h1-5,8-9,11-12,16,19,26H,6-7,10,13-15,17H2. The average molecular weight is 447 g/mol. The van der Waals surface area contributed by atoms with Gasteiger partial charge in [0.15, 0.2) is 16.8 Å². The van der Waals surface area contributed by atoms with Crippen molar-refractivity contribution >= 4 is 28.4 Å². The summed E-state index contributed by atoms with van der Waals surface area (Å²) in [6, 6.07) is 17.7. The first kappa shape index (κ1) is 21.0. The van der Waals surface area contributed by atoms with Gasteiger partial charge in [0.25, 0.3) is 0 Å². The number of Topliss-reactive ketones (excluding diaryl/α,β-unsaturated/α-hetero) is 1. The zero-order valence-electron chi connectivity index (χ0n) is 17.9. The summed E-state index contributed by atoms with van der Waals surface area (Å²) in [6.07, 6.45) is 5.68. The highest BCUT2D eigenvalue weighted by atomic mass is 32.2. The van der Waals surface area contributed by atoms with Crippen LogP contribution in [0.15, 0.2) is 66.0 Å². The molecule has 0 spiro atoms. The largest absolute Gasteiger partial charge is 0.376 e. The molecule has 3 heterocycles. The van der Waals surface area contributed by atoms with Gasteiger partial charge in [-0.05, 0) is 25.3 Å². The van der Waals surface area contributed by atoms with E-state index in [9.17, 15) is 4.79 Å². The number of carbonyl (C=O) groups excluding carboxylic acids is 1. The second-order valence-electron chi connectivity index (χ2n) is 8.04. The van der Waals surface area contributed by atoms with E-state index >= 15 is 0 Å². The van der Waals surface area contributed by atoms with Crippen molar-refractivity contribution < 1.29 is 9.53 Å². The molecule has 1 fully saturated rings. The van der Waals surface area contributed by atoms with E-state index < -0.39 is 0 Å². The Morgan fingerprint density at radius 2 is 1.97 bits per heavy atom. The number of fused-ring (bicyclic) bond motifs is 1. The fourth-order valence-electron chi connectivity index (χ4n) is 4.17. The molecule has 0 bridgehead atoms. The van der Waals surface area contributed by atoms with E-state index in [2.05, 4.69) is 31.9 Å². The lowest BCUT2D eigenvalue weighted by Crippen LogP contribution is -2.16. The van der Waals surface area contributed by atoms with Gasteiger partial charge >= 0.3 is 0 Å². The maximum Gasteiger partial charge on any atom is 0.191 e. The number of ether oxygens (including phenoxy) is 1. The highest BCUT2D eigenvalue weighted by molar-refractivity contribution is 7.99. The molecule has 5 rings (SSSR count). The summed E-state index contributed by atoms with van der Waals surface area (Å²) in [5.74, 6) is 1.86. The Morgan fingerprint density at radius 1 is 1.12 bits per heavy atom. The molecule has 1 saturated heterocycles. The monoisotopic (exact) mass is 446 g/mol. The topological polar surface area (TPSA) is 72.8 Å². The Morgan fingerprint density at radius 3 is 2.81 bits per heavy atom. The quantitative estimate of drug-likeness (QED) is 0.213. The molecule has 1 aliphatic rings. The van der Waals surface area contributed by atoms with Gasteiger partial charge in [0.2, 0.25) is 0 Å². The van der Waals surface area contributed by atoms with Crippen molar-refractivity contribution in [1.29, 1.82) is 0 Å². The lowest BCUT2D eigenvalue weighted by Gasteiger charge is -2.14. The number of aromatic nitrogens is 4. The zero-order valence-corrected chi connectivity index (χ0v) is 18.7. The molecule has 2 aromatic carbocycles. The number of hydrogen-bond acceptors (Lipinski definition) is 5. The van der Waals surface area contributed by atoms with Gasteiger partial charge in [-0.2, -0.15) is 0 Å². The molecule has 0 amide bonds. The number of rotatable bonds is 9. The molecule has 0 radical (unpaired) electrons. The number of aromatic amines is 1. The Hall–Kier alpha value is -2.90. The first-order valence-electron chi connectivity index (χ1n) is 11.1. The number of thioether (sulfide) groups is 1. The van der Waals surface area contributed by atoms with Crippen LogP contribution < -0.4 is 0 Å². The summed E-state index contributed by atoms with van der Waals surface area (Å²) in [4.78, 5) is 15.7. The molecule has 1 atom stereocenters. The Balaban J connectivity index is 1.32. The molecule has 1 unspecified atom stereocenters. The van der Waals surface area contributed by atoms with E-state index in [0.29, 0.717) is 6.42 Å². The number of H-pyrrole nitrogens is 1. The van der Waals surface area contributed by atoms with E-state index in [0.717, 1.165) is 71.2 Å². The molecule has 164 valence electrons. The van der Waals surface area contributed by atoms with Crippen LogP contribution in [0, 0.1) is 0 Å². The van der Waals surface area contributed by atoms with Crippen molar-refractivity contribution in [3.05, 3.63) is 66.4 Å². The Kier molecular flexibility index (Phi) is 6.36. The predicted octanol–water partition coefficient (Wildman–Crippen LogP) is 5.36. The first-order chi connectivity index (χ1) is 15.8. The molecule has 4 aromatic rings. The number of ketones is 1. The van der Waals surface area contributed by atoms with Crippen molar-refractivity contribution in [2.24, 2.45) is 0 Å². The molecular weight excluding hydrogens is 420 g/mol. The number of nitrogens with zero attached hydrogens (tertiary/aromatic N) is 3. The van der Waals surface area contributed by atoms with Gasteiger partial charge in [-0.3, -0.25) is 9.36 Å². The van der Waals surface area contributed by atoms with Gasteiger partial charge in [-0.25, -0.2) is 0 Å². The van der Waals surface area contributed by atoms with E-state index in [-0.39, 0.29) is 11.9 Å². The van der Waals surface area contributed by atoms with Gasteiger partial charge in [0, 0.05) is 47.0 Å². The van der Waals surface area contributed by atoms with Crippen molar-refractivity contribution in [3.63, 3.8) is 0 Å². The molecular formula is C25H26N4O2S. The van der Waals surface area contributed by atoms with Crippen molar-refractivity contribution in [2.45, 2.75) is 43.5 Å². The molecule has 0 aliphatic carbocycles. The Labute approximate surface area is 191 Å². The second kappa shape index (κ2) is 9.71. The number of carbonyl (C=O) groups is 1. The minimum absolute atomic E-state index is 0.187. The van der Waals surface area contributed by atoms with Crippen molar-refractivity contribution in [1.82, 2.24) is 19.7 Å². The Bertz CT molecular complexity index is 1200. The van der Waals surface area contributed by atoms with Gasteiger partial charge in [-0.1, -0.05) is 60.3 Å². The van der Waals surface area contributed by atoms with Crippen LogP contribution in [-0.2, 0) is 11.3 Å². The van der Waals surface area contributed by atoms with Crippen LogP contribution in [0.1, 0.15) is 36.0 Å². The maximum absolute atomic E-state index is 12.4. The lowest BCUT2D eigenvalue weighted by molar-refractivity contribution is 0.0953. The van der Waals surface area contributed by atoms with Crippen LogP contribution >= 0.6 is 11.8 Å². The number of nitrogens with one attached hydrogen (secondary N) is 1. The zero-order chi connectivity index (χ0) is 21.8. The molecule has 7 heteroatoms. The van der Waals surface area contributed by atoms with Crippen molar-refractivity contribution in [3.8, 4) is 11.4 Å². The van der Waals surface area contributed by atoms with Crippen LogP contribution in [0.5, 0.6) is 0 Å². The minimum Gasteiger partial charge on any atom is -0.376 e. The third-order valence-corrected chi connectivity index (χ3v) is 6.89. The number of hydrogen-bond donors (Lipinski definition) is 1. The van der Waals surface area contributed by atoms with Gasteiger partial charge in [0.05, 0.1) is 12.6 Å². The van der Waals surface area contributed by atoms with Crippen LogP contribution in [-0.4, -0.2) is 44.0 Å². The first-order valence-corrected chi connectivity index (χ1v) is 12.1. The van der Waals surface area contributed by atoms with E-state index in [1.54, 1.807) is 11.8 Å². The molecule has 2 aromatic heterocycles. The molecule has 6 nitrogen and oxygen atoms in total. The highest BCUT2D eigenvalue weighted by Gasteiger charge is 2.23. The van der Waals surface area contributed by atoms with E-state index in [1.165, 1.54) is 0 Å². The molecule has 0 saturated carbocycles. The lowest BCUT2D eigenvalue weighted by atomic mass is 10.1. The van der Waals surface area contributed by atoms with Crippen LogP contribution in [0.2, 0.25) is 0 Å². The highest BCUT2D eigenvalue weighted by Crippen LogP contribution is 2.31. The number of para-hydroxylation sites is 1. The van der Waals surface area contributed by atoms with E-state index in [4.69, 9.17) is 4.74 Å². The summed E-state index contributed by atoms with van der Waals surface area (Å²) in [5, 5.41) is 11.1. The van der Waals surface area contributed by atoms with Gasteiger partial charge in [0.1, 0.15) is 0 Å². The summed E-state index contributed by atoms with van der Waals surface area (Å²) in [6.45, 7) is 1.56. The summed E-state index contributed by atoms with van der Waals surface area (Å²) in [5.41, 5.74) is 2.92. The molecule has 1 N–H and O–H groups in total. The summed E-state index contributed by atoms with van der Waals surface area (Å²) in [7, 11) is 0. The fraction of sp³-hybridized carbons (Fsp3) is 0.320. The summed E-state index contributed by atoms with van der Waals surface area (Å²) >= 11 is 1.66. The number of benzene rings is 2. The summed E-state index contributed by atoms with van der Waals surface area (Å²) < 4.78 is 8.10. The maximum atomic E-state index is 12.4. The minimum atomic E-state index is 0.187. The average Bonchev–Trinajstić information content (AvgIpc) is 3.58. The van der Waals surface area contributed by atoms with Crippen LogP contribution in [0.3, 0.4) is 0 Å². The smallest absolute Gasteiger partial charge is 0.191 e. The van der Waals surface area contributed by atoms with Gasteiger partial charge < -0.3 is 9.72 Å². The molecule has 1 aliphatic heterocycles. The van der Waals surface area contributed by atoms with Gasteiger partial charge in [-0.15, -0.1) is 10.2 Å². The van der Waals surface area contributed by atoms with E-state index in [1.807, 2.05) is 48.7 Å². The van der Waals surface area contributed by atoms with Crippen LogP contribution in [0.25, 0.3) is 22.3 Å². The van der Waals surface area contributed by atoms with Crippen molar-refractivity contribution in [2.75, 3.05) is 12.4 Å². The third kappa shape index (κ3) is 4.49. The predicted molar refractivity (Wildman–Crippen MR) is 127 cm³/mol. The fourth-order valence-corrected chi connectivity index (χ4v) is 5.06. The van der Waals surface area contributed by atoms with Crippen LogP contribution in [0.4, 0.5) is 0 Å².